The number of hydrogen-bond donors (Lipinski definition) is 1. The lowest BCUT2D eigenvalue weighted by Crippen LogP contribution is -2.45. The van der Waals surface area contributed by atoms with E-state index in [1.165, 1.54) is 0 Å². The summed E-state index contributed by atoms with van der Waals surface area (Å²) in [6.07, 6.45) is 0. The number of aryl methyl sites for hydroxylation is 1. The highest BCUT2D eigenvalue weighted by Gasteiger charge is 2.17. The molecule has 23 heavy (non-hydrogen) atoms. The average Bonchev–Trinajstić information content (AvgIpc) is 2.51. The van der Waals surface area contributed by atoms with Crippen molar-refractivity contribution in [1.82, 2.24) is 14.9 Å². The van der Waals surface area contributed by atoms with Crippen LogP contribution in [0.2, 0.25) is 10.0 Å². The Kier molecular flexibility index (Phi) is 4.90. The summed E-state index contributed by atoms with van der Waals surface area (Å²) in [5.41, 5.74) is 1.65. The Balaban J connectivity index is 1.84. The summed E-state index contributed by atoms with van der Waals surface area (Å²) in [7, 11) is 2.13. The first-order chi connectivity index (χ1) is 11.0. The molecule has 1 fully saturated rings. The van der Waals surface area contributed by atoms with Crippen LogP contribution in [0, 0.1) is 6.92 Å². The van der Waals surface area contributed by atoms with Gasteiger partial charge in [0.05, 0.1) is 10.7 Å². The van der Waals surface area contributed by atoms with E-state index in [-0.39, 0.29) is 0 Å². The number of halogens is 2. The third-order valence-corrected chi connectivity index (χ3v) is 4.38. The molecule has 5 nitrogen and oxygen atoms in total. The van der Waals surface area contributed by atoms with Crippen LogP contribution in [0.1, 0.15) is 5.69 Å². The molecule has 0 bridgehead atoms. The Morgan fingerprint density at radius 2 is 1.78 bits per heavy atom. The molecule has 0 amide bonds. The summed E-state index contributed by atoms with van der Waals surface area (Å²) in [6, 6.07) is 7.21. The third-order valence-electron chi connectivity index (χ3n) is 3.82. The lowest BCUT2D eigenvalue weighted by atomic mass is 10.3. The molecule has 1 aromatic carbocycles. The first-order valence-corrected chi connectivity index (χ1v) is 8.28. The summed E-state index contributed by atoms with van der Waals surface area (Å²) in [4.78, 5) is 13.7. The number of piperazine rings is 1. The van der Waals surface area contributed by atoms with E-state index in [9.17, 15) is 0 Å². The summed E-state index contributed by atoms with van der Waals surface area (Å²) < 4.78 is 0. The minimum atomic E-state index is 0.604. The molecule has 1 aliphatic heterocycles. The first kappa shape index (κ1) is 16.3. The maximum absolute atomic E-state index is 6.21. The summed E-state index contributed by atoms with van der Waals surface area (Å²) in [5, 5.41) is 4.47. The average molecular weight is 352 g/mol. The largest absolute Gasteiger partial charge is 0.339 e. The number of nitrogens with zero attached hydrogens (tertiary/aromatic N) is 4. The van der Waals surface area contributed by atoms with Crippen LogP contribution in [-0.4, -0.2) is 48.1 Å². The number of nitrogens with one attached hydrogen (secondary N) is 1. The van der Waals surface area contributed by atoms with E-state index in [2.05, 4.69) is 32.1 Å². The molecule has 0 aliphatic carbocycles. The SMILES string of the molecule is Cc1cc(Nc2cc(Cl)ccc2Cl)nc(N2CCN(C)CC2)n1. The Labute approximate surface area is 146 Å². The minimum absolute atomic E-state index is 0.604. The number of anilines is 3. The van der Waals surface area contributed by atoms with Gasteiger partial charge in [-0.2, -0.15) is 4.98 Å². The van der Waals surface area contributed by atoms with Crippen molar-refractivity contribution < 1.29 is 0 Å². The highest BCUT2D eigenvalue weighted by molar-refractivity contribution is 6.35. The van der Waals surface area contributed by atoms with Crippen LogP contribution >= 0.6 is 23.2 Å². The number of aromatic nitrogens is 2. The molecular weight excluding hydrogens is 333 g/mol. The van der Waals surface area contributed by atoms with E-state index >= 15 is 0 Å². The van der Waals surface area contributed by atoms with E-state index in [4.69, 9.17) is 23.2 Å². The standard InChI is InChI=1S/C16H19Cl2N5/c1-11-9-15(20-14-10-12(17)3-4-13(14)18)21-16(19-11)23-7-5-22(2)6-8-23/h3-4,9-10H,5-8H2,1-2H3,(H,19,20,21). The Bertz CT molecular complexity index is 699. The third kappa shape index (κ3) is 4.05. The van der Waals surface area contributed by atoms with Gasteiger partial charge in [-0.15, -0.1) is 0 Å². The van der Waals surface area contributed by atoms with Crippen molar-refractivity contribution in [2.45, 2.75) is 6.92 Å². The van der Waals surface area contributed by atoms with Crippen molar-refractivity contribution in [3.8, 4) is 0 Å². The number of likely N-dealkylation sites (N-methyl/N-ethyl adjacent to an activating group) is 1. The van der Waals surface area contributed by atoms with E-state index in [1.54, 1.807) is 18.2 Å². The van der Waals surface area contributed by atoms with Crippen LogP contribution in [0.15, 0.2) is 24.3 Å². The molecule has 122 valence electrons. The van der Waals surface area contributed by atoms with Gasteiger partial charge >= 0.3 is 0 Å². The van der Waals surface area contributed by atoms with Gasteiger partial charge in [-0.05, 0) is 32.2 Å². The summed E-state index contributed by atoms with van der Waals surface area (Å²) in [6.45, 7) is 5.85. The van der Waals surface area contributed by atoms with E-state index in [0.717, 1.165) is 49.3 Å². The molecule has 0 spiro atoms. The molecule has 2 aromatic rings. The van der Waals surface area contributed by atoms with Crippen LogP contribution in [0.25, 0.3) is 0 Å². The summed E-state index contributed by atoms with van der Waals surface area (Å²) in [5.74, 6) is 1.47. The fourth-order valence-electron chi connectivity index (χ4n) is 2.50. The van der Waals surface area contributed by atoms with Crippen molar-refractivity contribution in [3.63, 3.8) is 0 Å². The Morgan fingerprint density at radius 3 is 2.52 bits per heavy atom. The van der Waals surface area contributed by atoms with Gasteiger partial charge in [-0.1, -0.05) is 23.2 Å². The molecule has 1 aliphatic rings. The molecule has 0 atom stereocenters. The van der Waals surface area contributed by atoms with Crippen molar-refractivity contribution in [2.75, 3.05) is 43.4 Å². The molecule has 1 saturated heterocycles. The van der Waals surface area contributed by atoms with Gasteiger partial charge in [0.1, 0.15) is 5.82 Å². The van der Waals surface area contributed by atoms with E-state index in [1.807, 2.05) is 13.0 Å². The van der Waals surface area contributed by atoms with Gasteiger partial charge in [-0.3, -0.25) is 0 Å². The normalized spacial score (nSPS) is 15.7. The van der Waals surface area contributed by atoms with Gasteiger partial charge in [0.15, 0.2) is 0 Å². The lowest BCUT2D eigenvalue weighted by molar-refractivity contribution is 0.311. The molecule has 1 aromatic heterocycles. The van der Waals surface area contributed by atoms with Gasteiger partial charge in [0.25, 0.3) is 0 Å². The fraction of sp³-hybridized carbons (Fsp3) is 0.375. The van der Waals surface area contributed by atoms with Crippen molar-refractivity contribution >= 4 is 40.7 Å². The van der Waals surface area contributed by atoms with Gasteiger partial charge < -0.3 is 15.1 Å². The molecule has 2 heterocycles. The van der Waals surface area contributed by atoms with Crippen molar-refractivity contribution in [1.29, 1.82) is 0 Å². The molecule has 7 heteroatoms. The molecule has 0 unspecified atom stereocenters. The lowest BCUT2D eigenvalue weighted by Gasteiger charge is -2.32. The van der Waals surface area contributed by atoms with Crippen LogP contribution < -0.4 is 10.2 Å². The maximum atomic E-state index is 6.21. The van der Waals surface area contributed by atoms with Crippen LogP contribution in [0.3, 0.4) is 0 Å². The highest BCUT2D eigenvalue weighted by atomic mass is 35.5. The molecular formula is C16H19Cl2N5. The van der Waals surface area contributed by atoms with Crippen LogP contribution in [0.5, 0.6) is 0 Å². The smallest absolute Gasteiger partial charge is 0.227 e. The second-order valence-electron chi connectivity index (χ2n) is 5.73. The Morgan fingerprint density at radius 1 is 1.04 bits per heavy atom. The quantitative estimate of drug-likeness (QED) is 0.915. The molecule has 3 rings (SSSR count). The zero-order valence-corrected chi connectivity index (χ0v) is 14.7. The number of hydrogen-bond acceptors (Lipinski definition) is 5. The predicted octanol–water partition coefficient (Wildman–Crippen LogP) is 3.59. The second-order valence-corrected chi connectivity index (χ2v) is 6.58. The fourth-order valence-corrected chi connectivity index (χ4v) is 2.83. The van der Waals surface area contributed by atoms with Crippen molar-refractivity contribution in [2.24, 2.45) is 0 Å². The van der Waals surface area contributed by atoms with E-state index < -0.39 is 0 Å². The molecule has 1 N–H and O–H groups in total. The summed E-state index contributed by atoms with van der Waals surface area (Å²) >= 11 is 12.2. The maximum Gasteiger partial charge on any atom is 0.227 e. The second kappa shape index (κ2) is 6.91. The topological polar surface area (TPSA) is 44.3 Å². The van der Waals surface area contributed by atoms with Crippen LogP contribution in [0.4, 0.5) is 17.5 Å². The van der Waals surface area contributed by atoms with Gasteiger partial charge in [0, 0.05) is 43.0 Å². The minimum Gasteiger partial charge on any atom is -0.339 e. The monoisotopic (exact) mass is 351 g/mol. The van der Waals surface area contributed by atoms with Gasteiger partial charge in [-0.25, -0.2) is 4.98 Å². The zero-order chi connectivity index (χ0) is 16.4. The molecule has 0 saturated carbocycles. The van der Waals surface area contributed by atoms with Crippen LogP contribution in [-0.2, 0) is 0 Å². The first-order valence-electron chi connectivity index (χ1n) is 7.52. The number of benzene rings is 1. The number of rotatable bonds is 3. The molecule has 0 radical (unpaired) electrons. The Hall–Kier alpha value is -1.56. The predicted molar refractivity (Wildman–Crippen MR) is 96.2 cm³/mol. The van der Waals surface area contributed by atoms with Crippen molar-refractivity contribution in [3.05, 3.63) is 40.0 Å². The van der Waals surface area contributed by atoms with E-state index in [0.29, 0.717) is 10.0 Å². The highest BCUT2D eigenvalue weighted by Crippen LogP contribution is 2.28. The zero-order valence-electron chi connectivity index (χ0n) is 13.2. The van der Waals surface area contributed by atoms with Gasteiger partial charge in [0.2, 0.25) is 5.95 Å².